The number of aliphatic carboxylic acids is 1. The smallest absolute Gasteiger partial charge is 0.307 e. The summed E-state index contributed by atoms with van der Waals surface area (Å²) in [6, 6.07) is 0. The maximum absolute atomic E-state index is 12.3. The van der Waals surface area contributed by atoms with Gasteiger partial charge in [-0.3, -0.25) is 9.59 Å². The predicted octanol–water partition coefficient (Wildman–Crippen LogP) is 2.92. The third kappa shape index (κ3) is 3.97. The molecule has 2 N–H and O–H groups in total. The molecule has 0 saturated heterocycles. The highest BCUT2D eigenvalue weighted by Gasteiger charge is 2.42. The van der Waals surface area contributed by atoms with E-state index in [2.05, 4.69) is 39.9 Å². The molecule has 20 heavy (non-hydrogen) atoms. The molecule has 1 amide bonds. The number of carboxylic acids is 1. The molecular weight excluding hydrogens is 254 g/mol. The van der Waals surface area contributed by atoms with E-state index in [1.165, 1.54) is 0 Å². The second-order valence-corrected chi connectivity index (χ2v) is 7.16. The van der Waals surface area contributed by atoms with Gasteiger partial charge in [0.2, 0.25) is 5.91 Å². The van der Waals surface area contributed by atoms with Gasteiger partial charge in [0.05, 0.1) is 11.8 Å². The summed E-state index contributed by atoms with van der Waals surface area (Å²) in [7, 11) is 0. The molecule has 116 valence electrons. The number of hydrogen-bond acceptors (Lipinski definition) is 2. The second kappa shape index (κ2) is 6.59. The van der Waals surface area contributed by atoms with Gasteiger partial charge in [-0.25, -0.2) is 0 Å². The first-order valence-corrected chi connectivity index (χ1v) is 7.69. The molecule has 0 bridgehead atoms. The lowest BCUT2D eigenvalue weighted by Gasteiger charge is -2.30. The van der Waals surface area contributed by atoms with E-state index in [-0.39, 0.29) is 17.2 Å². The minimum atomic E-state index is -0.829. The molecule has 1 aliphatic rings. The standard InChI is InChI=1S/C16H29NO3/c1-6-11-7-12(13(8-11)15(19)20)14(18)17-9-16(4,5)10(2)3/h10-13H,6-9H2,1-5H3,(H,17,18)(H,19,20). The Morgan fingerprint density at radius 3 is 2.25 bits per heavy atom. The number of nitrogens with one attached hydrogen (secondary N) is 1. The number of hydrogen-bond donors (Lipinski definition) is 2. The fraction of sp³-hybridized carbons (Fsp3) is 0.875. The number of amides is 1. The topological polar surface area (TPSA) is 66.4 Å². The summed E-state index contributed by atoms with van der Waals surface area (Å²) in [5, 5.41) is 12.3. The third-order valence-corrected chi connectivity index (χ3v) is 5.17. The molecule has 0 aliphatic heterocycles. The Morgan fingerprint density at radius 1 is 1.25 bits per heavy atom. The molecule has 0 aromatic carbocycles. The van der Waals surface area contributed by atoms with Gasteiger partial charge in [0.15, 0.2) is 0 Å². The lowest BCUT2D eigenvalue weighted by molar-refractivity contribution is -0.146. The van der Waals surface area contributed by atoms with Crippen LogP contribution in [0.2, 0.25) is 0 Å². The molecule has 1 saturated carbocycles. The van der Waals surface area contributed by atoms with Gasteiger partial charge < -0.3 is 10.4 Å². The monoisotopic (exact) mass is 283 g/mol. The van der Waals surface area contributed by atoms with Crippen LogP contribution in [0.4, 0.5) is 0 Å². The summed E-state index contributed by atoms with van der Waals surface area (Å²) in [6.07, 6.45) is 2.30. The minimum absolute atomic E-state index is 0.0249. The molecular formula is C16H29NO3. The van der Waals surface area contributed by atoms with Crippen molar-refractivity contribution in [2.24, 2.45) is 29.1 Å². The molecule has 3 atom stereocenters. The Balaban J connectivity index is 2.64. The molecule has 0 aromatic heterocycles. The van der Waals surface area contributed by atoms with Crippen LogP contribution in [-0.4, -0.2) is 23.5 Å². The van der Waals surface area contributed by atoms with Crippen LogP contribution in [0.3, 0.4) is 0 Å². The van der Waals surface area contributed by atoms with Crippen LogP contribution < -0.4 is 5.32 Å². The quantitative estimate of drug-likeness (QED) is 0.787. The molecule has 3 unspecified atom stereocenters. The lowest BCUT2D eigenvalue weighted by atomic mass is 9.81. The number of carbonyl (C=O) groups is 2. The normalized spacial score (nSPS) is 26.8. The number of carbonyl (C=O) groups excluding carboxylic acids is 1. The van der Waals surface area contributed by atoms with Gasteiger partial charge >= 0.3 is 5.97 Å². The van der Waals surface area contributed by atoms with Crippen molar-refractivity contribution >= 4 is 11.9 Å². The van der Waals surface area contributed by atoms with Crippen LogP contribution in [0, 0.1) is 29.1 Å². The van der Waals surface area contributed by atoms with Crippen LogP contribution in [0.1, 0.15) is 53.9 Å². The van der Waals surface area contributed by atoms with E-state index in [0.717, 1.165) is 6.42 Å². The summed E-state index contributed by atoms with van der Waals surface area (Å²) in [5.41, 5.74) is 0.0249. The largest absolute Gasteiger partial charge is 0.481 e. The fourth-order valence-electron chi connectivity index (χ4n) is 2.69. The van der Waals surface area contributed by atoms with Gasteiger partial charge in [-0.1, -0.05) is 41.0 Å². The Labute approximate surface area is 122 Å². The van der Waals surface area contributed by atoms with Crippen molar-refractivity contribution in [3.05, 3.63) is 0 Å². The summed E-state index contributed by atoms with van der Waals surface area (Å²) >= 11 is 0. The Bertz CT molecular complexity index is 363. The minimum Gasteiger partial charge on any atom is -0.481 e. The molecule has 1 rings (SSSR count). The molecule has 0 spiro atoms. The molecule has 1 aliphatic carbocycles. The van der Waals surface area contributed by atoms with E-state index in [4.69, 9.17) is 0 Å². The molecule has 0 radical (unpaired) electrons. The third-order valence-electron chi connectivity index (χ3n) is 5.17. The van der Waals surface area contributed by atoms with E-state index >= 15 is 0 Å². The van der Waals surface area contributed by atoms with Gasteiger partial charge in [-0.05, 0) is 30.1 Å². The summed E-state index contributed by atoms with van der Waals surface area (Å²) < 4.78 is 0. The van der Waals surface area contributed by atoms with Crippen LogP contribution in [0.15, 0.2) is 0 Å². The first-order chi connectivity index (χ1) is 9.19. The highest BCUT2D eigenvalue weighted by molar-refractivity contribution is 5.85. The maximum atomic E-state index is 12.3. The van der Waals surface area contributed by atoms with Gasteiger partial charge in [-0.15, -0.1) is 0 Å². The maximum Gasteiger partial charge on any atom is 0.307 e. The van der Waals surface area contributed by atoms with Crippen molar-refractivity contribution in [3.8, 4) is 0 Å². The van der Waals surface area contributed by atoms with Gasteiger partial charge in [0, 0.05) is 6.54 Å². The molecule has 4 nitrogen and oxygen atoms in total. The molecule has 4 heteroatoms. The van der Waals surface area contributed by atoms with Crippen LogP contribution in [-0.2, 0) is 9.59 Å². The van der Waals surface area contributed by atoms with Gasteiger partial charge in [-0.2, -0.15) is 0 Å². The first-order valence-electron chi connectivity index (χ1n) is 7.69. The van der Waals surface area contributed by atoms with E-state index in [1.807, 2.05) is 0 Å². The zero-order valence-corrected chi connectivity index (χ0v) is 13.4. The zero-order valence-electron chi connectivity index (χ0n) is 13.4. The average Bonchev–Trinajstić information content (AvgIpc) is 2.80. The number of rotatable bonds is 6. The Hall–Kier alpha value is -1.06. The Morgan fingerprint density at radius 2 is 1.80 bits per heavy atom. The number of carboxylic acid groups (broad SMARTS) is 1. The van der Waals surface area contributed by atoms with Gasteiger partial charge in [0.25, 0.3) is 0 Å². The summed E-state index contributed by atoms with van der Waals surface area (Å²) in [4.78, 5) is 23.6. The molecule has 0 aromatic rings. The van der Waals surface area contributed by atoms with E-state index in [1.54, 1.807) is 0 Å². The SMILES string of the molecule is CCC1CC(C(=O)O)C(C(=O)NCC(C)(C)C(C)C)C1. The summed E-state index contributed by atoms with van der Waals surface area (Å²) in [6.45, 7) is 11.2. The van der Waals surface area contributed by atoms with E-state index in [9.17, 15) is 14.7 Å². The van der Waals surface area contributed by atoms with Crippen molar-refractivity contribution in [1.82, 2.24) is 5.32 Å². The van der Waals surface area contributed by atoms with Crippen molar-refractivity contribution < 1.29 is 14.7 Å². The van der Waals surface area contributed by atoms with Gasteiger partial charge in [0.1, 0.15) is 0 Å². The second-order valence-electron chi connectivity index (χ2n) is 7.16. The van der Waals surface area contributed by atoms with Crippen molar-refractivity contribution in [2.45, 2.75) is 53.9 Å². The highest BCUT2D eigenvalue weighted by atomic mass is 16.4. The predicted molar refractivity (Wildman–Crippen MR) is 79.3 cm³/mol. The van der Waals surface area contributed by atoms with Crippen molar-refractivity contribution in [1.29, 1.82) is 0 Å². The average molecular weight is 283 g/mol. The Kier molecular flexibility index (Phi) is 5.60. The van der Waals surface area contributed by atoms with Crippen molar-refractivity contribution in [3.63, 3.8) is 0 Å². The first kappa shape index (κ1) is 17.0. The summed E-state index contributed by atoms with van der Waals surface area (Å²) in [5.74, 6) is -0.955. The van der Waals surface area contributed by atoms with Crippen LogP contribution >= 0.6 is 0 Å². The fourth-order valence-corrected chi connectivity index (χ4v) is 2.69. The highest BCUT2D eigenvalue weighted by Crippen LogP contribution is 2.38. The zero-order chi connectivity index (χ0) is 15.5. The van der Waals surface area contributed by atoms with E-state index in [0.29, 0.717) is 31.2 Å². The molecule has 0 heterocycles. The van der Waals surface area contributed by atoms with Crippen LogP contribution in [0.5, 0.6) is 0 Å². The lowest BCUT2D eigenvalue weighted by Crippen LogP contribution is -2.41. The van der Waals surface area contributed by atoms with E-state index < -0.39 is 11.9 Å². The van der Waals surface area contributed by atoms with Crippen LogP contribution in [0.25, 0.3) is 0 Å². The van der Waals surface area contributed by atoms with Crippen molar-refractivity contribution in [2.75, 3.05) is 6.54 Å². The molecule has 1 fully saturated rings.